The number of hydrogen-bond acceptors (Lipinski definition) is 1. The maximum Gasteiger partial charge on any atom is 0.292 e. The number of rotatable bonds is 2. The van der Waals surface area contributed by atoms with Gasteiger partial charge in [-0.05, 0) is 72.9 Å². The van der Waals surface area contributed by atoms with Gasteiger partial charge in [-0.1, -0.05) is 19.9 Å². The molecule has 1 saturated heterocycles. The first-order valence-electron chi connectivity index (χ1n) is 10.8. The van der Waals surface area contributed by atoms with Gasteiger partial charge in [-0.2, -0.15) is 8.80 Å². The number of benzene rings is 2. The lowest BCUT2D eigenvalue weighted by Crippen LogP contribution is -3.00. The van der Waals surface area contributed by atoms with Crippen LogP contribution in [0.5, 0.6) is 0 Å². The third-order valence-electron chi connectivity index (χ3n) is 6.54. The number of aromatic nitrogens is 2. The van der Waals surface area contributed by atoms with Gasteiger partial charge in [0.1, 0.15) is 17.2 Å². The fraction of sp³-hybridized carbons (Fsp3) is 0.269. The average Bonchev–Trinajstić information content (AvgIpc) is 3.40. The Bertz CT molecular complexity index is 1390. The van der Waals surface area contributed by atoms with Gasteiger partial charge in [-0.15, -0.1) is 0 Å². The molecule has 4 heteroatoms. The summed E-state index contributed by atoms with van der Waals surface area (Å²) < 4.78 is 4.72. The zero-order chi connectivity index (χ0) is 19.5. The second-order valence-corrected chi connectivity index (χ2v) is 8.69. The van der Waals surface area contributed by atoms with Crippen molar-refractivity contribution >= 4 is 38.7 Å². The van der Waals surface area contributed by atoms with Gasteiger partial charge >= 0.3 is 0 Å². The number of hydrogen-bond donors (Lipinski definition) is 0. The van der Waals surface area contributed by atoms with E-state index in [0.717, 1.165) is 0 Å². The third kappa shape index (κ3) is 2.96. The molecule has 0 aliphatic carbocycles. The summed E-state index contributed by atoms with van der Waals surface area (Å²) >= 11 is 0. The Morgan fingerprint density at radius 2 is 1.63 bits per heavy atom. The van der Waals surface area contributed by atoms with E-state index in [9.17, 15) is 0 Å². The Morgan fingerprint density at radius 3 is 2.43 bits per heavy atom. The van der Waals surface area contributed by atoms with Crippen LogP contribution in [0.3, 0.4) is 0 Å². The van der Waals surface area contributed by atoms with E-state index in [1.54, 1.807) is 0 Å². The molecule has 5 aromatic rings. The Balaban J connectivity index is 0.00000193. The van der Waals surface area contributed by atoms with Gasteiger partial charge in [-0.25, -0.2) is 0 Å². The Morgan fingerprint density at radius 1 is 0.833 bits per heavy atom. The van der Waals surface area contributed by atoms with E-state index >= 15 is 0 Å². The molecule has 0 radical (unpaired) electrons. The summed E-state index contributed by atoms with van der Waals surface area (Å²) in [6, 6.07) is 22.8. The van der Waals surface area contributed by atoms with Crippen LogP contribution in [0.4, 0.5) is 5.69 Å². The van der Waals surface area contributed by atoms with E-state index in [1.165, 1.54) is 70.2 Å². The summed E-state index contributed by atoms with van der Waals surface area (Å²) in [6.45, 7) is 6.87. The highest BCUT2D eigenvalue weighted by Gasteiger charge is 2.18. The van der Waals surface area contributed by atoms with Gasteiger partial charge in [0.25, 0.3) is 5.65 Å². The van der Waals surface area contributed by atoms with Crippen LogP contribution in [0.15, 0.2) is 66.9 Å². The van der Waals surface area contributed by atoms with Gasteiger partial charge in [0, 0.05) is 35.6 Å². The first-order chi connectivity index (χ1) is 14.2. The van der Waals surface area contributed by atoms with Crippen molar-refractivity contribution in [1.29, 1.82) is 0 Å². The summed E-state index contributed by atoms with van der Waals surface area (Å²) in [5.74, 6) is 0.543. The van der Waals surface area contributed by atoms with Crippen molar-refractivity contribution < 1.29 is 28.4 Å². The van der Waals surface area contributed by atoms with Crippen LogP contribution < -0.4 is 33.3 Å². The SMILES string of the molecule is CC(C)c1ccc2c(ccc3n4c(ccc5cc(N6CCCC6)ccc54)c[n+]23)c1.[I-]. The quantitative estimate of drug-likeness (QED) is 0.265. The number of nitrogens with zero attached hydrogens (tertiary/aromatic N) is 3. The normalized spacial score (nSPS) is 14.4. The zero-order valence-electron chi connectivity index (χ0n) is 17.5. The second kappa shape index (κ2) is 7.41. The molecule has 0 unspecified atom stereocenters. The van der Waals surface area contributed by atoms with Crippen molar-refractivity contribution in [3.05, 3.63) is 72.4 Å². The van der Waals surface area contributed by atoms with Gasteiger partial charge < -0.3 is 28.9 Å². The van der Waals surface area contributed by atoms with Crippen molar-refractivity contribution in [3.8, 4) is 0 Å². The summed E-state index contributed by atoms with van der Waals surface area (Å²) in [6.07, 6.45) is 4.88. The van der Waals surface area contributed by atoms with Crippen LogP contribution in [0.25, 0.3) is 33.0 Å². The molecular weight excluding hydrogens is 481 g/mol. The van der Waals surface area contributed by atoms with Crippen molar-refractivity contribution in [1.82, 2.24) is 4.40 Å². The molecule has 152 valence electrons. The molecule has 30 heavy (non-hydrogen) atoms. The second-order valence-electron chi connectivity index (χ2n) is 8.69. The fourth-order valence-electron chi connectivity index (χ4n) is 4.90. The van der Waals surface area contributed by atoms with E-state index in [-0.39, 0.29) is 24.0 Å². The molecule has 0 bridgehead atoms. The van der Waals surface area contributed by atoms with Crippen molar-refractivity contribution in [2.45, 2.75) is 32.6 Å². The van der Waals surface area contributed by atoms with E-state index in [2.05, 4.69) is 94.4 Å². The molecule has 1 aliphatic rings. The summed E-state index contributed by atoms with van der Waals surface area (Å²) in [5, 5.41) is 2.60. The molecule has 0 saturated carbocycles. The number of halogens is 1. The number of pyridine rings is 2. The predicted octanol–water partition coefficient (Wildman–Crippen LogP) is 2.71. The highest BCUT2D eigenvalue weighted by molar-refractivity contribution is 5.88. The minimum Gasteiger partial charge on any atom is -1.00 e. The molecule has 0 amide bonds. The minimum absolute atomic E-state index is 0. The molecule has 0 N–H and O–H groups in total. The smallest absolute Gasteiger partial charge is 0.292 e. The lowest BCUT2D eigenvalue weighted by atomic mass is 10.0. The van der Waals surface area contributed by atoms with E-state index in [4.69, 9.17) is 0 Å². The molecule has 2 aromatic carbocycles. The van der Waals surface area contributed by atoms with Crippen LogP contribution >= 0.6 is 0 Å². The molecule has 0 atom stereocenters. The Hall–Kier alpha value is -2.34. The molecular formula is C26H26IN3. The number of imidazole rings is 1. The summed E-state index contributed by atoms with van der Waals surface area (Å²) in [7, 11) is 0. The van der Waals surface area contributed by atoms with Gasteiger partial charge in [0.2, 0.25) is 0 Å². The van der Waals surface area contributed by atoms with Crippen LogP contribution in [0.1, 0.15) is 38.2 Å². The highest BCUT2D eigenvalue weighted by Crippen LogP contribution is 2.28. The first-order valence-corrected chi connectivity index (χ1v) is 10.8. The van der Waals surface area contributed by atoms with Crippen LogP contribution in [-0.4, -0.2) is 17.5 Å². The fourth-order valence-corrected chi connectivity index (χ4v) is 4.90. The van der Waals surface area contributed by atoms with Crippen molar-refractivity contribution in [3.63, 3.8) is 0 Å². The van der Waals surface area contributed by atoms with Crippen LogP contribution in [-0.2, 0) is 0 Å². The number of fused-ring (bicyclic) bond motifs is 7. The Labute approximate surface area is 193 Å². The lowest BCUT2D eigenvalue weighted by Gasteiger charge is -2.17. The number of anilines is 1. The minimum atomic E-state index is 0. The molecule has 6 rings (SSSR count). The first kappa shape index (κ1) is 19.6. The molecule has 4 heterocycles. The molecule has 0 spiro atoms. The van der Waals surface area contributed by atoms with Crippen LogP contribution in [0.2, 0.25) is 0 Å². The standard InChI is InChI=1S/C26H26N3.HI/c1-18(2)19-6-10-24-20(15-19)7-12-26-28(24)17-23-8-5-21-16-22(27-13-3-4-14-27)9-11-25(21)29(23)26;/h5-12,15-18H,3-4,13-14H2,1-2H3;1H/q+1;/p-1. The Kier molecular flexibility index (Phi) is 4.85. The largest absolute Gasteiger partial charge is 1.00 e. The topological polar surface area (TPSA) is 11.8 Å². The lowest BCUT2D eigenvalue weighted by molar-refractivity contribution is -0.479. The predicted molar refractivity (Wildman–Crippen MR) is 121 cm³/mol. The van der Waals surface area contributed by atoms with E-state index < -0.39 is 0 Å². The monoisotopic (exact) mass is 507 g/mol. The molecule has 1 aliphatic heterocycles. The van der Waals surface area contributed by atoms with E-state index in [0.29, 0.717) is 5.92 Å². The third-order valence-corrected chi connectivity index (χ3v) is 6.54. The maximum atomic E-state index is 2.51. The summed E-state index contributed by atoms with van der Waals surface area (Å²) in [5.41, 5.74) is 7.71. The molecule has 1 fully saturated rings. The van der Waals surface area contributed by atoms with E-state index in [1.807, 2.05) is 0 Å². The summed E-state index contributed by atoms with van der Waals surface area (Å²) in [4.78, 5) is 2.51. The van der Waals surface area contributed by atoms with Crippen molar-refractivity contribution in [2.24, 2.45) is 0 Å². The maximum absolute atomic E-state index is 2.51. The zero-order valence-corrected chi connectivity index (χ0v) is 19.6. The van der Waals surface area contributed by atoms with Crippen LogP contribution in [0, 0.1) is 0 Å². The highest BCUT2D eigenvalue weighted by atomic mass is 127. The average molecular weight is 507 g/mol. The van der Waals surface area contributed by atoms with Gasteiger partial charge in [0.15, 0.2) is 5.52 Å². The molecule has 3 aromatic heterocycles. The van der Waals surface area contributed by atoms with Crippen molar-refractivity contribution in [2.75, 3.05) is 18.0 Å². The molecule has 3 nitrogen and oxygen atoms in total. The van der Waals surface area contributed by atoms with Gasteiger partial charge in [-0.3, -0.25) is 0 Å². The van der Waals surface area contributed by atoms with Gasteiger partial charge in [0.05, 0.1) is 0 Å².